The summed E-state index contributed by atoms with van der Waals surface area (Å²) < 4.78 is -0.705. The molecule has 0 bridgehead atoms. The fourth-order valence-electron chi connectivity index (χ4n) is 7.20. The lowest BCUT2D eigenvalue weighted by atomic mass is 9.76. The van der Waals surface area contributed by atoms with Crippen LogP contribution >= 0.6 is 11.8 Å². The third-order valence-corrected chi connectivity index (χ3v) is 11.3. The fourth-order valence-corrected chi connectivity index (χ4v) is 8.76. The Balaban J connectivity index is 1.55. The monoisotopic (exact) mass is 718 g/mol. The van der Waals surface area contributed by atoms with Gasteiger partial charge in [-0.15, -0.1) is 11.8 Å². The van der Waals surface area contributed by atoms with E-state index in [1.807, 2.05) is 123 Å². The Labute approximate surface area is 317 Å². The van der Waals surface area contributed by atoms with Crippen LogP contribution in [0.3, 0.4) is 0 Å². The summed E-state index contributed by atoms with van der Waals surface area (Å²) in [6.07, 6.45) is 0.310. The molecule has 2 atom stereocenters. The number of carbonyl (C=O) groups is 2. The van der Waals surface area contributed by atoms with Crippen LogP contribution in [0.4, 0.5) is 0 Å². The van der Waals surface area contributed by atoms with E-state index in [1.165, 1.54) is 0 Å². The van der Waals surface area contributed by atoms with E-state index in [0.717, 1.165) is 33.4 Å². The van der Waals surface area contributed by atoms with Crippen LogP contribution in [-0.2, 0) is 19.9 Å². The van der Waals surface area contributed by atoms with Crippen LogP contribution < -0.4 is 10.6 Å². The van der Waals surface area contributed by atoms with Crippen molar-refractivity contribution in [1.29, 1.82) is 0 Å². The number of hydrogen-bond acceptors (Lipinski definition) is 4. The van der Waals surface area contributed by atoms with Crippen molar-refractivity contribution in [2.24, 2.45) is 5.92 Å². The van der Waals surface area contributed by atoms with Gasteiger partial charge in [-0.1, -0.05) is 196 Å². The largest absolute Gasteiger partial charge is 0.480 e. The van der Waals surface area contributed by atoms with Crippen molar-refractivity contribution in [3.63, 3.8) is 0 Å². The van der Waals surface area contributed by atoms with Crippen LogP contribution in [0.15, 0.2) is 182 Å². The molecule has 2 unspecified atom stereocenters. The van der Waals surface area contributed by atoms with Gasteiger partial charge in [0.05, 0.1) is 16.3 Å². The minimum absolute atomic E-state index is 0.0659. The highest BCUT2D eigenvalue weighted by Gasteiger charge is 2.43. The Kier molecular flexibility index (Phi) is 12.2. The Hall–Kier alpha value is -5.43. The van der Waals surface area contributed by atoms with E-state index in [1.54, 1.807) is 11.8 Å². The molecule has 0 aromatic heterocycles. The first-order valence-corrected chi connectivity index (χ1v) is 19.1. The smallest absolute Gasteiger partial charge is 0.326 e. The summed E-state index contributed by atoms with van der Waals surface area (Å²) >= 11 is 1.67. The van der Waals surface area contributed by atoms with Crippen molar-refractivity contribution >= 4 is 23.6 Å². The van der Waals surface area contributed by atoms with Gasteiger partial charge in [0.1, 0.15) is 6.04 Å². The summed E-state index contributed by atoms with van der Waals surface area (Å²) in [7, 11) is 0. The molecule has 0 fully saturated rings. The SMILES string of the molecule is CC(C)CC(NC(=O)C(CSC(c1ccccc1)(c1ccccc1)c1ccccc1)NC(c1ccccc1)(c1ccccc1)c1ccccc1)C(=O)O. The molecule has 6 heteroatoms. The molecule has 0 aliphatic carbocycles. The van der Waals surface area contributed by atoms with Crippen LogP contribution in [0, 0.1) is 5.92 Å². The molecule has 0 spiro atoms. The van der Waals surface area contributed by atoms with Crippen LogP contribution in [0.2, 0.25) is 0 Å². The lowest BCUT2D eigenvalue weighted by molar-refractivity contribution is -0.142. The molecular weight excluding hydrogens is 673 g/mol. The van der Waals surface area contributed by atoms with E-state index >= 15 is 0 Å². The zero-order valence-electron chi connectivity index (χ0n) is 30.1. The standard InChI is InChI=1S/C47H46N2O3S/c1-35(2)33-42(45(51)52)48-44(50)43(49-46(36-21-9-3-10-22-36,37-23-11-4-12-24-37)38-25-13-5-14-26-38)34-53-47(39-27-15-6-16-28-39,40-29-17-7-18-30-40)41-31-19-8-20-32-41/h3-32,35,42-43,49H,33-34H2,1-2H3,(H,48,50)(H,51,52). The summed E-state index contributed by atoms with van der Waals surface area (Å²) in [4.78, 5) is 27.5. The molecule has 6 aromatic carbocycles. The molecule has 0 aliphatic heterocycles. The van der Waals surface area contributed by atoms with E-state index in [9.17, 15) is 14.7 Å². The quantitative estimate of drug-likeness (QED) is 0.0870. The lowest BCUT2D eigenvalue weighted by Gasteiger charge is -2.41. The number of rotatable bonds is 16. The van der Waals surface area contributed by atoms with E-state index < -0.39 is 28.3 Å². The van der Waals surface area contributed by atoms with Gasteiger partial charge in [-0.25, -0.2) is 4.79 Å². The first-order chi connectivity index (χ1) is 25.8. The van der Waals surface area contributed by atoms with Gasteiger partial charge in [0, 0.05) is 5.75 Å². The molecule has 268 valence electrons. The second-order valence-corrected chi connectivity index (χ2v) is 14.9. The van der Waals surface area contributed by atoms with Gasteiger partial charge >= 0.3 is 5.97 Å². The van der Waals surface area contributed by atoms with E-state index in [0.29, 0.717) is 12.2 Å². The predicted octanol–water partition coefficient (Wildman–Crippen LogP) is 9.28. The van der Waals surface area contributed by atoms with Gasteiger partial charge in [-0.2, -0.15) is 0 Å². The number of hydrogen-bond donors (Lipinski definition) is 3. The molecule has 0 saturated carbocycles. The normalized spacial score (nSPS) is 12.9. The van der Waals surface area contributed by atoms with Crippen LogP contribution in [0.5, 0.6) is 0 Å². The molecule has 6 rings (SSSR count). The van der Waals surface area contributed by atoms with Gasteiger partial charge in [0.2, 0.25) is 5.91 Å². The summed E-state index contributed by atoms with van der Waals surface area (Å²) in [5.41, 5.74) is 5.12. The molecule has 1 amide bonds. The van der Waals surface area contributed by atoms with Crippen molar-refractivity contribution in [3.8, 4) is 0 Å². The zero-order chi connectivity index (χ0) is 37.1. The molecule has 0 aliphatic rings. The maximum atomic E-state index is 14.9. The minimum atomic E-state index is -1.05. The van der Waals surface area contributed by atoms with Gasteiger partial charge in [0.25, 0.3) is 0 Å². The van der Waals surface area contributed by atoms with Crippen molar-refractivity contribution in [1.82, 2.24) is 10.6 Å². The third kappa shape index (κ3) is 8.30. The van der Waals surface area contributed by atoms with E-state index in [2.05, 4.69) is 83.4 Å². The second-order valence-electron chi connectivity index (χ2n) is 13.7. The van der Waals surface area contributed by atoms with Crippen molar-refractivity contribution in [3.05, 3.63) is 215 Å². The maximum Gasteiger partial charge on any atom is 0.326 e. The van der Waals surface area contributed by atoms with Gasteiger partial charge in [-0.05, 0) is 45.7 Å². The summed E-state index contributed by atoms with van der Waals surface area (Å²) in [5, 5.41) is 17.2. The third-order valence-electron chi connectivity index (χ3n) is 9.66. The van der Waals surface area contributed by atoms with Crippen LogP contribution in [0.1, 0.15) is 53.6 Å². The topological polar surface area (TPSA) is 78.4 Å². The summed E-state index contributed by atoms with van der Waals surface area (Å²) in [6.45, 7) is 3.93. The molecule has 0 radical (unpaired) electrons. The molecule has 6 aromatic rings. The zero-order valence-corrected chi connectivity index (χ0v) is 31.0. The number of aliphatic carboxylic acids is 1. The molecular formula is C47H46N2O3S. The Bertz CT molecular complexity index is 1830. The minimum Gasteiger partial charge on any atom is -0.480 e. The summed E-state index contributed by atoms with van der Waals surface area (Å²) in [6, 6.07) is 59.8. The number of amides is 1. The second kappa shape index (κ2) is 17.4. The number of benzene rings is 6. The number of carboxylic acid groups (broad SMARTS) is 1. The average Bonchev–Trinajstić information content (AvgIpc) is 3.21. The van der Waals surface area contributed by atoms with Crippen LogP contribution in [0.25, 0.3) is 0 Å². The highest BCUT2D eigenvalue weighted by atomic mass is 32.2. The molecule has 0 heterocycles. The van der Waals surface area contributed by atoms with Crippen LogP contribution in [-0.4, -0.2) is 34.8 Å². The molecule has 3 N–H and O–H groups in total. The van der Waals surface area contributed by atoms with E-state index in [4.69, 9.17) is 0 Å². The van der Waals surface area contributed by atoms with E-state index in [-0.39, 0.29) is 11.8 Å². The predicted molar refractivity (Wildman–Crippen MR) is 217 cm³/mol. The number of carboxylic acids is 1. The molecule has 0 saturated heterocycles. The van der Waals surface area contributed by atoms with Crippen molar-refractivity contribution < 1.29 is 14.7 Å². The molecule has 53 heavy (non-hydrogen) atoms. The fraction of sp³-hybridized carbons (Fsp3) is 0.191. The highest BCUT2D eigenvalue weighted by molar-refractivity contribution is 8.00. The number of thioether (sulfide) groups is 1. The summed E-state index contributed by atoms with van der Waals surface area (Å²) in [5.74, 6) is -1.06. The highest BCUT2D eigenvalue weighted by Crippen LogP contribution is 2.49. The van der Waals surface area contributed by atoms with Gasteiger partial charge in [0.15, 0.2) is 0 Å². The Morgan fingerprint density at radius 3 is 1.15 bits per heavy atom. The molecule has 5 nitrogen and oxygen atoms in total. The first-order valence-electron chi connectivity index (χ1n) is 18.1. The van der Waals surface area contributed by atoms with Gasteiger partial charge in [-0.3, -0.25) is 10.1 Å². The maximum absolute atomic E-state index is 14.9. The van der Waals surface area contributed by atoms with Crippen molar-refractivity contribution in [2.45, 2.75) is 42.6 Å². The number of carbonyl (C=O) groups excluding carboxylic acids is 1. The first kappa shape index (κ1) is 37.3. The van der Waals surface area contributed by atoms with Crippen molar-refractivity contribution in [2.75, 3.05) is 5.75 Å². The number of nitrogens with one attached hydrogen (secondary N) is 2. The lowest BCUT2D eigenvalue weighted by Crippen LogP contribution is -2.58. The Morgan fingerprint density at radius 1 is 0.528 bits per heavy atom. The van der Waals surface area contributed by atoms with Gasteiger partial charge < -0.3 is 10.4 Å². The Morgan fingerprint density at radius 2 is 0.849 bits per heavy atom. The average molecular weight is 719 g/mol.